The van der Waals surface area contributed by atoms with Gasteiger partial charge in [0, 0.05) is 25.1 Å². The zero-order valence-electron chi connectivity index (χ0n) is 13.4. The van der Waals surface area contributed by atoms with Crippen LogP contribution in [0.15, 0.2) is 36.4 Å². The monoisotopic (exact) mass is 324 g/mol. The molecule has 1 aromatic carbocycles. The molecule has 2 amide bonds. The standard InChI is InChI=1S/C18H20N4O2/c23-17(13-8-9-13)19-16-12-15(18(24)21-10-4-5-11-21)20-22(16)14-6-2-1-3-7-14/h1-3,6-7,12-13H,4-5,8-11H2,(H,19,23). The summed E-state index contributed by atoms with van der Waals surface area (Å²) in [4.78, 5) is 26.6. The van der Waals surface area contributed by atoms with Gasteiger partial charge in [0.1, 0.15) is 5.82 Å². The second-order valence-corrected chi connectivity index (χ2v) is 6.43. The Balaban J connectivity index is 1.66. The van der Waals surface area contributed by atoms with Crippen LogP contribution in [0.25, 0.3) is 5.69 Å². The third-order valence-corrected chi connectivity index (χ3v) is 4.52. The second kappa shape index (κ2) is 6.11. The maximum absolute atomic E-state index is 12.6. The lowest BCUT2D eigenvalue weighted by Gasteiger charge is -2.12. The van der Waals surface area contributed by atoms with Gasteiger partial charge in [0.2, 0.25) is 5.91 Å². The number of carbonyl (C=O) groups excluding carboxylic acids is 2. The molecular formula is C18H20N4O2. The first kappa shape index (κ1) is 14.9. The van der Waals surface area contributed by atoms with E-state index in [1.807, 2.05) is 35.2 Å². The summed E-state index contributed by atoms with van der Waals surface area (Å²) in [6, 6.07) is 11.2. The molecule has 0 radical (unpaired) electrons. The van der Waals surface area contributed by atoms with Crippen molar-refractivity contribution in [2.75, 3.05) is 18.4 Å². The molecule has 4 rings (SSSR count). The molecule has 1 saturated carbocycles. The zero-order valence-corrected chi connectivity index (χ0v) is 13.4. The number of para-hydroxylation sites is 1. The number of nitrogens with one attached hydrogen (secondary N) is 1. The van der Waals surface area contributed by atoms with Crippen molar-refractivity contribution in [1.82, 2.24) is 14.7 Å². The lowest BCUT2D eigenvalue weighted by Crippen LogP contribution is -2.28. The van der Waals surface area contributed by atoms with Gasteiger partial charge in [0.15, 0.2) is 5.69 Å². The van der Waals surface area contributed by atoms with Crippen LogP contribution in [0.3, 0.4) is 0 Å². The lowest BCUT2D eigenvalue weighted by atomic mass is 10.3. The summed E-state index contributed by atoms with van der Waals surface area (Å²) in [5.74, 6) is 0.596. The predicted octanol–water partition coefficient (Wildman–Crippen LogP) is 2.46. The molecule has 1 N–H and O–H groups in total. The van der Waals surface area contributed by atoms with E-state index in [1.54, 1.807) is 10.7 Å². The van der Waals surface area contributed by atoms with Crippen LogP contribution in [0.4, 0.5) is 5.82 Å². The van der Waals surface area contributed by atoms with E-state index in [9.17, 15) is 9.59 Å². The van der Waals surface area contributed by atoms with Gasteiger partial charge in [-0.15, -0.1) is 0 Å². The Hall–Kier alpha value is -2.63. The number of likely N-dealkylation sites (tertiary alicyclic amines) is 1. The van der Waals surface area contributed by atoms with Crippen LogP contribution < -0.4 is 5.32 Å². The average molecular weight is 324 g/mol. The Labute approximate surface area is 140 Å². The van der Waals surface area contributed by atoms with Gasteiger partial charge in [-0.25, -0.2) is 4.68 Å². The molecule has 6 nitrogen and oxygen atoms in total. The molecule has 1 aromatic heterocycles. The highest BCUT2D eigenvalue weighted by molar-refractivity contribution is 5.97. The van der Waals surface area contributed by atoms with Crippen LogP contribution in [-0.2, 0) is 4.79 Å². The minimum Gasteiger partial charge on any atom is -0.337 e. The van der Waals surface area contributed by atoms with E-state index in [0.29, 0.717) is 11.5 Å². The van der Waals surface area contributed by atoms with Crippen LogP contribution in [-0.4, -0.2) is 39.6 Å². The summed E-state index contributed by atoms with van der Waals surface area (Å²) in [6.45, 7) is 1.56. The van der Waals surface area contributed by atoms with Crippen molar-refractivity contribution in [3.8, 4) is 5.69 Å². The van der Waals surface area contributed by atoms with Crippen LogP contribution >= 0.6 is 0 Å². The van der Waals surface area contributed by atoms with E-state index in [1.165, 1.54) is 0 Å². The van der Waals surface area contributed by atoms with Crippen LogP contribution in [0, 0.1) is 5.92 Å². The van der Waals surface area contributed by atoms with Gasteiger partial charge in [-0.1, -0.05) is 18.2 Å². The molecule has 1 aliphatic heterocycles. The predicted molar refractivity (Wildman–Crippen MR) is 90.1 cm³/mol. The van der Waals surface area contributed by atoms with Crippen molar-refractivity contribution < 1.29 is 9.59 Å². The van der Waals surface area contributed by atoms with E-state index >= 15 is 0 Å². The Bertz CT molecular complexity index is 759. The number of nitrogens with zero attached hydrogens (tertiary/aromatic N) is 3. The first-order chi connectivity index (χ1) is 11.7. The first-order valence-electron chi connectivity index (χ1n) is 8.48. The van der Waals surface area contributed by atoms with Gasteiger partial charge in [0.05, 0.1) is 5.69 Å². The van der Waals surface area contributed by atoms with Crippen molar-refractivity contribution in [3.05, 3.63) is 42.1 Å². The average Bonchev–Trinajstić information content (AvgIpc) is 3.16. The highest BCUT2D eigenvalue weighted by Gasteiger charge is 2.31. The van der Waals surface area contributed by atoms with Crippen LogP contribution in [0.1, 0.15) is 36.2 Å². The molecule has 1 saturated heterocycles. The molecule has 6 heteroatoms. The summed E-state index contributed by atoms with van der Waals surface area (Å²) in [6.07, 6.45) is 3.95. The minimum absolute atomic E-state index is 0.00672. The van der Waals surface area contributed by atoms with Crippen molar-refractivity contribution >= 4 is 17.6 Å². The fourth-order valence-electron chi connectivity index (χ4n) is 3.00. The summed E-state index contributed by atoms with van der Waals surface area (Å²) in [7, 11) is 0. The number of benzene rings is 1. The number of hydrogen-bond donors (Lipinski definition) is 1. The molecule has 2 aromatic rings. The summed E-state index contributed by atoms with van der Waals surface area (Å²) in [5.41, 5.74) is 1.20. The van der Waals surface area contributed by atoms with Crippen LogP contribution in [0.5, 0.6) is 0 Å². The van der Waals surface area contributed by atoms with E-state index in [2.05, 4.69) is 10.4 Å². The SMILES string of the molecule is O=C(Nc1cc(C(=O)N2CCCC2)nn1-c1ccccc1)C1CC1. The van der Waals surface area contributed by atoms with Crippen molar-refractivity contribution in [2.45, 2.75) is 25.7 Å². The molecule has 0 spiro atoms. The van der Waals surface area contributed by atoms with Gasteiger partial charge >= 0.3 is 0 Å². The Morgan fingerprint density at radius 3 is 2.46 bits per heavy atom. The first-order valence-corrected chi connectivity index (χ1v) is 8.48. The summed E-state index contributed by atoms with van der Waals surface area (Å²) in [5, 5.41) is 7.40. The molecule has 0 bridgehead atoms. The number of aromatic nitrogens is 2. The van der Waals surface area contributed by atoms with Crippen molar-refractivity contribution in [3.63, 3.8) is 0 Å². The maximum Gasteiger partial charge on any atom is 0.274 e. The van der Waals surface area contributed by atoms with Gasteiger partial charge in [-0.05, 0) is 37.8 Å². The largest absolute Gasteiger partial charge is 0.337 e. The fraction of sp³-hybridized carbons (Fsp3) is 0.389. The highest BCUT2D eigenvalue weighted by Crippen LogP contribution is 2.30. The van der Waals surface area contributed by atoms with E-state index in [-0.39, 0.29) is 17.7 Å². The number of amides is 2. The number of rotatable bonds is 4. The van der Waals surface area contributed by atoms with E-state index < -0.39 is 0 Å². The Kier molecular flexibility index (Phi) is 3.80. The quantitative estimate of drug-likeness (QED) is 0.939. The Morgan fingerprint density at radius 1 is 1.08 bits per heavy atom. The van der Waals surface area contributed by atoms with Gasteiger partial charge in [0.25, 0.3) is 5.91 Å². The summed E-state index contributed by atoms with van der Waals surface area (Å²) >= 11 is 0. The van der Waals surface area contributed by atoms with E-state index in [4.69, 9.17) is 0 Å². The second-order valence-electron chi connectivity index (χ2n) is 6.43. The minimum atomic E-state index is -0.0656. The zero-order chi connectivity index (χ0) is 16.5. The molecule has 1 aliphatic carbocycles. The van der Waals surface area contributed by atoms with Gasteiger partial charge in [-0.3, -0.25) is 9.59 Å². The molecule has 2 aliphatic rings. The number of hydrogen-bond acceptors (Lipinski definition) is 3. The molecule has 2 fully saturated rings. The summed E-state index contributed by atoms with van der Waals surface area (Å²) < 4.78 is 1.64. The smallest absolute Gasteiger partial charge is 0.274 e. The number of anilines is 1. The van der Waals surface area contributed by atoms with Crippen molar-refractivity contribution in [2.24, 2.45) is 5.92 Å². The topological polar surface area (TPSA) is 67.2 Å². The van der Waals surface area contributed by atoms with Crippen molar-refractivity contribution in [1.29, 1.82) is 0 Å². The fourth-order valence-corrected chi connectivity index (χ4v) is 3.00. The molecular weight excluding hydrogens is 304 g/mol. The number of carbonyl (C=O) groups is 2. The molecule has 0 atom stereocenters. The van der Waals surface area contributed by atoms with Gasteiger partial charge < -0.3 is 10.2 Å². The molecule has 2 heterocycles. The Morgan fingerprint density at radius 2 is 1.79 bits per heavy atom. The molecule has 24 heavy (non-hydrogen) atoms. The highest BCUT2D eigenvalue weighted by atomic mass is 16.2. The van der Waals surface area contributed by atoms with Crippen LogP contribution in [0.2, 0.25) is 0 Å². The lowest BCUT2D eigenvalue weighted by molar-refractivity contribution is -0.117. The van der Waals surface area contributed by atoms with Gasteiger partial charge in [-0.2, -0.15) is 5.10 Å². The molecule has 0 unspecified atom stereocenters. The third-order valence-electron chi connectivity index (χ3n) is 4.52. The normalized spacial score (nSPS) is 17.1. The molecule has 124 valence electrons. The third kappa shape index (κ3) is 2.91. The maximum atomic E-state index is 12.6. The van der Waals surface area contributed by atoms with E-state index in [0.717, 1.165) is 44.5 Å².